The van der Waals surface area contributed by atoms with Crippen LogP contribution in [0.3, 0.4) is 0 Å². The van der Waals surface area contributed by atoms with Crippen LogP contribution in [-0.2, 0) is 20.4 Å². The smallest absolute Gasteiger partial charge is 0.286 e. The molecule has 1 aromatic rings. The lowest BCUT2D eigenvalue weighted by atomic mass is 10.0. The standard InChI is InChI=1S/C13H19NO5S2/c1-5-14(11(4)21(17,18)19)12-8-6-7-9(2)13(12)10(3)20(15)16/h6-8,11H,5H2,1-4H3,(H,17,18,19). The van der Waals surface area contributed by atoms with Crippen LogP contribution in [0.4, 0.5) is 5.69 Å². The minimum atomic E-state index is -4.28. The van der Waals surface area contributed by atoms with Gasteiger partial charge in [-0.3, -0.25) is 4.55 Å². The van der Waals surface area contributed by atoms with Crippen molar-refractivity contribution < 1.29 is 21.4 Å². The molecule has 0 saturated heterocycles. The van der Waals surface area contributed by atoms with Crippen molar-refractivity contribution >= 4 is 31.0 Å². The Kier molecular flexibility index (Phi) is 5.54. The van der Waals surface area contributed by atoms with Crippen molar-refractivity contribution in [2.45, 2.75) is 33.1 Å². The summed E-state index contributed by atoms with van der Waals surface area (Å²) in [4.78, 5) is 1.58. The van der Waals surface area contributed by atoms with Crippen molar-refractivity contribution in [1.82, 2.24) is 0 Å². The van der Waals surface area contributed by atoms with E-state index in [1.165, 1.54) is 18.7 Å². The molecule has 1 rings (SSSR count). The van der Waals surface area contributed by atoms with Crippen LogP contribution in [0.5, 0.6) is 0 Å². The summed E-state index contributed by atoms with van der Waals surface area (Å²) in [6.07, 6.45) is 0. The van der Waals surface area contributed by atoms with Gasteiger partial charge in [0, 0.05) is 17.8 Å². The van der Waals surface area contributed by atoms with Crippen molar-refractivity contribution in [2.75, 3.05) is 11.4 Å². The summed E-state index contributed by atoms with van der Waals surface area (Å²) >= 11 is 0. The predicted octanol–water partition coefficient (Wildman–Crippen LogP) is 1.47. The van der Waals surface area contributed by atoms with Crippen molar-refractivity contribution in [2.24, 2.45) is 0 Å². The Labute approximate surface area is 126 Å². The van der Waals surface area contributed by atoms with Gasteiger partial charge in [-0.1, -0.05) is 12.1 Å². The Balaban J connectivity index is 3.64. The number of aryl methyl sites for hydroxylation is 1. The summed E-state index contributed by atoms with van der Waals surface area (Å²) in [6, 6.07) is 5.11. The topological polar surface area (TPSA) is 91.8 Å². The molecule has 0 aliphatic heterocycles. The third-order valence-electron chi connectivity index (χ3n) is 3.37. The lowest BCUT2D eigenvalue weighted by Crippen LogP contribution is -2.39. The molecule has 0 spiro atoms. The molecular formula is C13H19NO5S2. The summed E-state index contributed by atoms with van der Waals surface area (Å²) in [7, 11) is -6.68. The minimum Gasteiger partial charge on any atom is -0.353 e. The largest absolute Gasteiger partial charge is 0.353 e. The van der Waals surface area contributed by atoms with Crippen molar-refractivity contribution in [1.29, 1.82) is 0 Å². The average Bonchev–Trinajstić information content (AvgIpc) is 2.37. The molecule has 0 bridgehead atoms. The van der Waals surface area contributed by atoms with E-state index >= 15 is 0 Å². The van der Waals surface area contributed by atoms with E-state index in [2.05, 4.69) is 0 Å². The van der Waals surface area contributed by atoms with Gasteiger partial charge in [-0.25, -0.2) is 0 Å². The number of nitrogens with zero attached hydrogens (tertiary/aromatic N) is 1. The molecule has 8 heteroatoms. The number of anilines is 1. The van der Waals surface area contributed by atoms with Crippen LogP contribution in [0.25, 0.3) is 0 Å². The molecule has 0 heterocycles. The summed E-state index contributed by atoms with van der Waals surface area (Å²) in [5.74, 6) is 0. The first-order chi connectivity index (χ1) is 9.61. The van der Waals surface area contributed by atoms with Crippen molar-refractivity contribution in [3.63, 3.8) is 0 Å². The van der Waals surface area contributed by atoms with Crippen LogP contribution < -0.4 is 4.90 Å². The van der Waals surface area contributed by atoms with Crippen LogP contribution in [0.15, 0.2) is 18.2 Å². The van der Waals surface area contributed by atoms with Crippen LogP contribution >= 0.6 is 0 Å². The maximum atomic E-state index is 11.4. The first-order valence-electron chi connectivity index (χ1n) is 6.37. The first kappa shape index (κ1) is 17.7. The Hall–Kier alpha value is -1.38. The van der Waals surface area contributed by atoms with Gasteiger partial charge in [0.25, 0.3) is 10.1 Å². The van der Waals surface area contributed by atoms with Crippen LogP contribution in [-0.4, -0.2) is 38.2 Å². The van der Waals surface area contributed by atoms with E-state index in [4.69, 9.17) is 0 Å². The van der Waals surface area contributed by atoms with Crippen LogP contribution in [0.1, 0.15) is 31.9 Å². The molecule has 0 aliphatic carbocycles. The molecule has 118 valence electrons. The fraction of sp³-hybridized carbons (Fsp3) is 0.462. The Bertz CT molecular complexity index is 758. The zero-order chi connectivity index (χ0) is 16.4. The highest BCUT2D eigenvalue weighted by Gasteiger charge is 2.27. The average molecular weight is 333 g/mol. The van der Waals surface area contributed by atoms with Crippen LogP contribution in [0, 0.1) is 6.92 Å². The zero-order valence-corrected chi connectivity index (χ0v) is 14.0. The molecular weight excluding hydrogens is 314 g/mol. The van der Waals surface area contributed by atoms with E-state index in [1.54, 1.807) is 32.0 Å². The predicted molar refractivity (Wildman–Crippen MR) is 83.9 cm³/mol. The van der Waals surface area contributed by atoms with E-state index in [1.807, 2.05) is 0 Å². The van der Waals surface area contributed by atoms with Gasteiger partial charge in [0.15, 0.2) is 5.37 Å². The number of hydrogen-bond donors (Lipinski definition) is 1. The summed E-state index contributed by atoms with van der Waals surface area (Å²) in [6.45, 7) is 6.60. The van der Waals surface area contributed by atoms with Gasteiger partial charge >= 0.3 is 0 Å². The van der Waals surface area contributed by atoms with Gasteiger partial charge in [-0.05, 0) is 39.3 Å². The Morgan fingerprint density at radius 2 is 1.95 bits per heavy atom. The second kappa shape index (κ2) is 6.59. The van der Waals surface area contributed by atoms with Crippen molar-refractivity contribution in [3.05, 3.63) is 29.3 Å². The van der Waals surface area contributed by atoms with Gasteiger partial charge in [-0.15, -0.1) is 0 Å². The molecule has 0 aromatic heterocycles. The maximum Gasteiger partial charge on any atom is 0.286 e. The lowest BCUT2D eigenvalue weighted by Gasteiger charge is -2.30. The molecule has 1 atom stereocenters. The maximum absolute atomic E-state index is 11.4. The molecule has 0 radical (unpaired) electrons. The molecule has 0 aliphatic rings. The van der Waals surface area contributed by atoms with Crippen LogP contribution in [0.2, 0.25) is 0 Å². The second-order valence-corrected chi connectivity index (χ2v) is 7.45. The highest BCUT2D eigenvalue weighted by atomic mass is 32.2. The highest BCUT2D eigenvalue weighted by Crippen LogP contribution is 2.27. The molecule has 1 N–H and O–H groups in total. The number of hydrogen-bond acceptors (Lipinski definition) is 5. The Morgan fingerprint density at radius 3 is 2.38 bits per heavy atom. The second-order valence-electron chi connectivity index (χ2n) is 4.66. The molecule has 21 heavy (non-hydrogen) atoms. The zero-order valence-electron chi connectivity index (χ0n) is 12.4. The molecule has 1 unspecified atom stereocenters. The Morgan fingerprint density at radius 1 is 1.38 bits per heavy atom. The monoisotopic (exact) mass is 333 g/mol. The van der Waals surface area contributed by atoms with Gasteiger partial charge < -0.3 is 4.90 Å². The van der Waals surface area contributed by atoms with Gasteiger partial charge in [0.1, 0.15) is 0 Å². The third kappa shape index (κ3) is 3.84. The molecule has 1 aromatic carbocycles. The first-order valence-corrected chi connectivity index (χ1v) is 8.94. The van der Waals surface area contributed by atoms with E-state index in [-0.39, 0.29) is 4.86 Å². The quantitative estimate of drug-likeness (QED) is 0.498. The molecule has 0 amide bonds. The van der Waals surface area contributed by atoms with E-state index in [0.29, 0.717) is 17.8 Å². The van der Waals surface area contributed by atoms with E-state index in [9.17, 15) is 21.4 Å². The molecule has 0 saturated carbocycles. The van der Waals surface area contributed by atoms with Crippen molar-refractivity contribution in [3.8, 4) is 0 Å². The fourth-order valence-electron chi connectivity index (χ4n) is 2.22. The van der Waals surface area contributed by atoms with Gasteiger partial charge in [0.2, 0.25) is 10.3 Å². The third-order valence-corrected chi connectivity index (χ3v) is 5.19. The highest BCUT2D eigenvalue weighted by molar-refractivity contribution is 7.86. The van der Waals surface area contributed by atoms with E-state index in [0.717, 1.165) is 5.56 Å². The fourth-order valence-corrected chi connectivity index (χ4v) is 3.23. The minimum absolute atomic E-state index is 0.129. The molecule has 6 nitrogen and oxygen atoms in total. The van der Waals surface area contributed by atoms with E-state index < -0.39 is 25.8 Å². The normalized spacial score (nSPS) is 12.8. The summed E-state index contributed by atoms with van der Waals surface area (Å²) in [5, 5.41) is -1.17. The summed E-state index contributed by atoms with van der Waals surface area (Å²) in [5.41, 5.74) is 1.64. The van der Waals surface area contributed by atoms with Gasteiger partial charge in [0.05, 0.1) is 4.86 Å². The number of rotatable bonds is 5. The van der Waals surface area contributed by atoms with Gasteiger partial charge in [-0.2, -0.15) is 16.8 Å². The summed E-state index contributed by atoms with van der Waals surface area (Å²) < 4.78 is 54.6. The lowest BCUT2D eigenvalue weighted by molar-refractivity contribution is 0.467. The molecule has 0 fully saturated rings. The number of benzene rings is 1. The SMILES string of the molecule is CCN(c1cccc(C)c1C(C)=S(=O)=O)C(C)S(=O)(=O)O.